The molecule has 0 saturated carbocycles. The monoisotopic (exact) mass is 364 g/mol. The highest BCUT2D eigenvalue weighted by atomic mass is 16.5. The third-order valence-corrected chi connectivity index (χ3v) is 4.85. The molecule has 7 nitrogen and oxygen atoms in total. The highest BCUT2D eigenvalue weighted by Crippen LogP contribution is 2.26. The molecule has 3 rings (SSSR count). The van der Waals surface area contributed by atoms with Crippen molar-refractivity contribution in [3.05, 3.63) is 24.3 Å². The minimum atomic E-state index is -1.04. The maximum atomic E-state index is 12.6. The first kappa shape index (κ1) is 18.9. The number of amides is 1. The largest absolute Gasteiger partial charge is 0.493 e. The lowest BCUT2D eigenvalue weighted by molar-refractivity contribution is -0.136. The van der Waals surface area contributed by atoms with Gasteiger partial charge in [-0.1, -0.05) is 12.1 Å². The summed E-state index contributed by atoms with van der Waals surface area (Å²) in [6.07, 6.45) is 2.32. The maximum absolute atomic E-state index is 12.6. The van der Waals surface area contributed by atoms with Crippen LogP contribution in [0.15, 0.2) is 24.3 Å². The normalized spacial score (nSPS) is 24.3. The molecule has 0 radical (unpaired) electrons. The van der Waals surface area contributed by atoms with E-state index in [9.17, 15) is 9.90 Å². The van der Waals surface area contributed by atoms with E-state index < -0.39 is 5.60 Å². The second kappa shape index (κ2) is 8.70. The van der Waals surface area contributed by atoms with Crippen molar-refractivity contribution in [1.29, 1.82) is 0 Å². The molecule has 2 saturated heterocycles. The lowest BCUT2D eigenvalue weighted by atomic mass is 10.0. The molecule has 1 aromatic carbocycles. The molecule has 2 aliphatic heterocycles. The fourth-order valence-corrected chi connectivity index (χ4v) is 3.55. The number of ether oxygens (including phenoxy) is 3. The van der Waals surface area contributed by atoms with Gasteiger partial charge >= 0.3 is 0 Å². The SMILES string of the molecule is COc1ccccc1OCC(=O)N1CCOC[C@@](O)(CN2CCCC2)C1. The third-order valence-electron chi connectivity index (χ3n) is 4.85. The number of nitrogens with zero attached hydrogens (tertiary/aromatic N) is 2. The van der Waals surface area contributed by atoms with E-state index >= 15 is 0 Å². The molecule has 2 heterocycles. The van der Waals surface area contributed by atoms with Crippen LogP contribution in [0.3, 0.4) is 0 Å². The average Bonchev–Trinajstić information content (AvgIpc) is 3.07. The topological polar surface area (TPSA) is 71.5 Å². The van der Waals surface area contributed by atoms with Crippen LogP contribution < -0.4 is 9.47 Å². The van der Waals surface area contributed by atoms with Crippen molar-refractivity contribution in [2.24, 2.45) is 0 Å². The van der Waals surface area contributed by atoms with Gasteiger partial charge in [-0.25, -0.2) is 0 Å². The van der Waals surface area contributed by atoms with Crippen LogP contribution in [0.1, 0.15) is 12.8 Å². The zero-order valence-corrected chi connectivity index (χ0v) is 15.4. The van der Waals surface area contributed by atoms with Crippen LogP contribution >= 0.6 is 0 Å². The minimum Gasteiger partial charge on any atom is -0.493 e. The number of carbonyl (C=O) groups is 1. The quantitative estimate of drug-likeness (QED) is 0.804. The molecule has 0 aromatic heterocycles. The van der Waals surface area contributed by atoms with Crippen molar-refractivity contribution in [3.8, 4) is 11.5 Å². The van der Waals surface area contributed by atoms with Crippen molar-refractivity contribution in [1.82, 2.24) is 9.80 Å². The zero-order chi connectivity index (χ0) is 18.4. The van der Waals surface area contributed by atoms with E-state index in [1.165, 1.54) is 0 Å². The summed E-state index contributed by atoms with van der Waals surface area (Å²) in [6.45, 7) is 3.81. The van der Waals surface area contributed by atoms with Gasteiger partial charge in [-0.15, -0.1) is 0 Å². The summed E-state index contributed by atoms with van der Waals surface area (Å²) in [5, 5.41) is 11.0. The van der Waals surface area contributed by atoms with Gasteiger partial charge in [0.15, 0.2) is 18.1 Å². The minimum absolute atomic E-state index is 0.0971. The van der Waals surface area contributed by atoms with Crippen molar-refractivity contribution in [2.75, 3.05) is 59.7 Å². The Morgan fingerprint density at radius 1 is 1.23 bits per heavy atom. The van der Waals surface area contributed by atoms with E-state index in [0.29, 0.717) is 31.2 Å². The molecular weight excluding hydrogens is 336 g/mol. The number of β-amino-alcohol motifs (C(OH)–C–C–N with tert-alkyl or cyclic N) is 1. The first-order valence-corrected chi connectivity index (χ1v) is 9.16. The van der Waals surface area contributed by atoms with Gasteiger partial charge in [-0.2, -0.15) is 0 Å². The Balaban J connectivity index is 1.58. The number of likely N-dealkylation sites (tertiary alicyclic amines) is 1. The fourth-order valence-electron chi connectivity index (χ4n) is 3.55. The Morgan fingerprint density at radius 3 is 2.69 bits per heavy atom. The van der Waals surface area contributed by atoms with E-state index in [2.05, 4.69) is 4.90 Å². The summed E-state index contributed by atoms with van der Waals surface area (Å²) in [7, 11) is 1.56. The molecule has 1 amide bonds. The zero-order valence-electron chi connectivity index (χ0n) is 15.4. The summed E-state index contributed by atoms with van der Waals surface area (Å²) in [4.78, 5) is 16.5. The molecule has 7 heteroatoms. The second-order valence-corrected chi connectivity index (χ2v) is 7.02. The van der Waals surface area contributed by atoms with E-state index in [1.807, 2.05) is 12.1 Å². The van der Waals surface area contributed by atoms with Crippen LogP contribution in [-0.4, -0.2) is 86.1 Å². The number of para-hydroxylation sites is 2. The highest BCUT2D eigenvalue weighted by molar-refractivity contribution is 5.78. The van der Waals surface area contributed by atoms with Crippen LogP contribution in [0.2, 0.25) is 0 Å². The Morgan fingerprint density at radius 2 is 1.96 bits per heavy atom. The molecule has 2 fully saturated rings. The van der Waals surface area contributed by atoms with Crippen LogP contribution in [-0.2, 0) is 9.53 Å². The summed E-state index contributed by atoms with van der Waals surface area (Å²) >= 11 is 0. The van der Waals surface area contributed by atoms with Crippen LogP contribution in [0, 0.1) is 0 Å². The van der Waals surface area contributed by atoms with E-state index in [4.69, 9.17) is 14.2 Å². The predicted octanol–water partition coefficient (Wildman–Crippen LogP) is 0.760. The van der Waals surface area contributed by atoms with Crippen LogP contribution in [0.25, 0.3) is 0 Å². The molecule has 1 atom stereocenters. The average molecular weight is 364 g/mol. The van der Waals surface area contributed by atoms with E-state index in [-0.39, 0.29) is 25.7 Å². The summed E-state index contributed by atoms with van der Waals surface area (Å²) in [6, 6.07) is 7.23. The Bertz CT molecular complexity index is 605. The maximum Gasteiger partial charge on any atom is 0.260 e. The van der Waals surface area contributed by atoms with Crippen LogP contribution in [0.4, 0.5) is 0 Å². The Kier molecular flexibility index (Phi) is 6.34. The number of hydrogen-bond donors (Lipinski definition) is 1. The molecule has 0 aliphatic carbocycles. The number of rotatable bonds is 6. The smallest absolute Gasteiger partial charge is 0.260 e. The molecule has 0 unspecified atom stereocenters. The summed E-state index contributed by atoms with van der Waals surface area (Å²) in [5.41, 5.74) is -1.04. The number of hydrogen-bond acceptors (Lipinski definition) is 6. The molecule has 1 N–H and O–H groups in total. The molecule has 144 valence electrons. The van der Waals surface area contributed by atoms with E-state index in [1.54, 1.807) is 24.1 Å². The predicted molar refractivity (Wildman–Crippen MR) is 96.5 cm³/mol. The lowest BCUT2D eigenvalue weighted by Crippen LogP contribution is -2.53. The fraction of sp³-hybridized carbons (Fsp3) is 0.632. The second-order valence-electron chi connectivity index (χ2n) is 7.02. The third kappa shape index (κ3) is 4.87. The van der Waals surface area contributed by atoms with Gasteiger partial charge in [0.2, 0.25) is 0 Å². The van der Waals surface area contributed by atoms with Crippen molar-refractivity contribution in [3.63, 3.8) is 0 Å². The lowest BCUT2D eigenvalue weighted by Gasteiger charge is -2.34. The number of carbonyl (C=O) groups excluding carboxylic acids is 1. The van der Waals surface area contributed by atoms with Gasteiger partial charge in [0, 0.05) is 13.1 Å². The molecule has 2 aliphatic rings. The number of benzene rings is 1. The Labute approximate surface area is 154 Å². The Hall–Kier alpha value is -1.83. The van der Waals surface area contributed by atoms with Gasteiger partial charge in [0.05, 0.1) is 26.9 Å². The van der Waals surface area contributed by atoms with Gasteiger partial charge in [-0.05, 0) is 38.1 Å². The molecule has 1 aromatic rings. The first-order valence-electron chi connectivity index (χ1n) is 9.16. The molecule has 26 heavy (non-hydrogen) atoms. The molecule has 0 bridgehead atoms. The van der Waals surface area contributed by atoms with E-state index in [0.717, 1.165) is 25.9 Å². The molecule has 0 spiro atoms. The summed E-state index contributed by atoms with van der Waals surface area (Å²) in [5.74, 6) is 0.952. The number of aliphatic hydroxyl groups is 1. The summed E-state index contributed by atoms with van der Waals surface area (Å²) < 4.78 is 16.4. The van der Waals surface area contributed by atoms with Gasteiger partial charge < -0.3 is 29.1 Å². The van der Waals surface area contributed by atoms with Gasteiger partial charge in [-0.3, -0.25) is 4.79 Å². The van der Waals surface area contributed by atoms with Crippen molar-refractivity contribution in [2.45, 2.75) is 18.4 Å². The first-order chi connectivity index (χ1) is 12.6. The van der Waals surface area contributed by atoms with Crippen molar-refractivity contribution >= 4 is 5.91 Å². The molecular formula is C19H28N2O5. The van der Waals surface area contributed by atoms with Gasteiger partial charge in [0.1, 0.15) is 5.60 Å². The highest BCUT2D eigenvalue weighted by Gasteiger charge is 2.36. The van der Waals surface area contributed by atoms with Crippen LogP contribution in [0.5, 0.6) is 11.5 Å². The van der Waals surface area contributed by atoms with Gasteiger partial charge in [0.25, 0.3) is 5.91 Å². The number of methoxy groups -OCH3 is 1. The van der Waals surface area contributed by atoms with Crippen molar-refractivity contribution < 1.29 is 24.1 Å². The standard InChI is InChI=1S/C19H28N2O5/c1-24-16-6-2-3-7-17(16)26-12-18(22)21-10-11-25-15-19(23,14-21)13-20-8-4-5-9-20/h2-3,6-7,23H,4-5,8-15H2,1H3/t19-/m1/s1.